The van der Waals surface area contributed by atoms with Gasteiger partial charge in [-0.3, -0.25) is 4.57 Å². The summed E-state index contributed by atoms with van der Waals surface area (Å²) in [5.74, 6) is 0. The molecule has 0 spiro atoms. The minimum absolute atomic E-state index is 0. The van der Waals surface area contributed by atoms with Gasteiger partial charge >= 0.3 is 26.5 Å². The minimum atomic E-state index is -3.86. The first-order valence-electron chi connectivity index (χ1n) is 7.29. The van der Waals surface area contributed by atoms with Crippen molar-refractivity contribution in [1.82, 2.24) is 0 Å². The fourth-order valence-electron chi connectivity index (χ4n) is 2.38. The van der Waals surface area contributed by atoms with Crippen LogP contribution in [0, 0.1) is 6.92 Å². The summed E-state index contributed by atoms with van der Waals surface area (Å²) in [4.78, 5) is 10.5. The Morgan fingerprint density at radius 1 is 1.09 bits per heavy atom. The van der Waals surface area contributed by atoms with Gasteiger partial charge in [-0.2, -0.15) is 0 Å². The summed E-state index contributed by atoms with van der Waals surface area (Å²) in [5, 5.41) is 0.441. The molecular formula is C17H29LiO3P. The van der Waals surface area contributed by atoms with Crippen LogP contribution in [0.2, 0.25) is 0 Å². The van der Waals surface area contributed by atoms with E-state index in [1.807, 2.05) is 53.7 Å². The van der Waals surface area contributed by atoms with Crippen LogP contribution in [0.4, 0.5) is 0 Å². The van der Waals surface area contributed by atoms with Crippen LogP contribution in [0.15, 0.2) is 12.1 Å². The van der Waals surface area contributed by atoms with Crippen molar-refractivity contribution in [3.8, 4) is 0 Å². The van der Waals surface area contributed by atoms with E-state index in [2.05, 4.69) is 6.92 Å². The van der Waals surface area contributed by atoms with E-state index in [1.165, 1.54) is 0 Å². The summed E-state index contributed by atoms with van der Waals surface area (Å²) in [5.41, 5.74) is 1.99. The van der Waals surface area contributed by atoms with Gasteiger partial charge in [-0.1, -0.05) is 53.7 Å². The Labute approximate surface area is 147 Å². The third-order valence-corrected chi connectivity index (χ3v) is 5.03. The van der Waals surface area contributed by atoms with Crippen molar-refractivity contribution in [3.63, 3.8) is 0 Å². The molecule has 1 radical (unpaired) electrons. The predicted molar refractivity (Wildman–Crippen MR) is 96.5 cm³/mol. The van der Waals surface area contributed by atoms with Gasteiger partial charge in [0.05, 0.1) is 11.9 Å². The zero-order chi connectivity index (χ0) is 16.6. The first-order valence-corrected chi connectivity index (χ1v) is 8.87. The molecule has 0 fully saturated rings. The van der Waals surface area contributed by atoms with Gasteiger partial charge in [0.15, 0.2) is 0 Å². The standard InChI is InChI=1S/C17H28O3P.Li.H/c1-9-20-21(18,19)15-13(16(3,4)5)10-12(2)11-14(15)17(6,7)8;;/h10-11H,2,9H2,1,3-8H3,(H,18,19);;. The van der Waals surface area contributed by atoms with E-state index in [1.54, 1.807) is 6.92 Å². The van der Waals surface area contributed by atoms with Crippen molar-refractivity contribution < 1.29 is 14.0 Å². The Balaban J connectivity index is 0.00000441. The number of benzene rings is 1. The maximum atomic E-state index is 12.8. The van der Waals surface area contributed by atoms with Gasteiger partial charge in [-0.25, -0.2) is 0 Å². The van der Waals surface area contributed by atoms with Crippen LogP contribution in [0.3, 0.4) is 0 Å². The summed E-state index contributed by atoms with van der Waals surface area (Å²) >= 11 is 0. The second kappa shape index (κ2) is 7.25. The van der Waals surface area contributed by atoms with E-state index in [0.29, 0.717) is 5.30 Å². The molecule has 0 saturated carbocycles. The van der Waals surface area contributed by atoms with Crippen molar-refractivity contribution in [2.45, 2.75) is 59.3 Å². The molecule has 121 valence electrons. The molecule has 0 bridgehead atoms. The molecule has 1 aromatic rings. The van der Waals surface area contributed by atoms with Gasteiger partial charge < -0.3 is 9.42 Å². The first-order chi connectivity index (χ1) is 9.30. The Bertz CT molecular complexity index is 533. The molecule has 1 atom stereocenters. The SMILES string of the molecule is [CH2]c1cc(C(C)(C)C)c(P(=O)(O)OCC)c(C(C)(C)C)c1.[LiH]. The van der Waals surface area contributed by atoms with E-state index >= 15 is 0 Å². The number of rotatable bonds is 3. The van der Waals surface area contributed by atoms with Crippen molar-refractivity contribution in [1.29, 1.82) is 0 Å². The molecule has 0 aliphatic rings. The molecular weight excluding hydrogens is 290 g/mol. The van der Waals surface area contributed by atoms with Gasteiger partial charge in [0.2, 0.25) is 0 Å². The van der Waals surface area contributed by atoms with Crippen LogP contribution in [0.5, 0.6) is 0 Å². The van der Waals surface area contributed by atoms with Crippen LogP contribution in [0.25, 0.3) is 0 Å². The summed E-state index contributed by atoms with van der Waals surface area (Å²) < 4.78 is 18.0. The molecule has 0 amide bonds. The van der Waals surface area contributed by atoms with Gasteiger partial charge in [0, 0.05) is 0 Å². The van der Waals surface area contributed by atoms with E-state index in [9.17, 15) is 9.46 Å². The zero-order valence-electron chi connectivity index (χ0n) is 14.3. The fourth-order valence-corrected chi connectivity index (χ4v) is 4.27. The Morgan fingerprint density at radius 2 is 1.45 bits per heavy atom. The Hall–Kier alpha value is -0.0326. The fraction of sp³-hybridized carbons (Fsp3) is 0.588. The van der Waals surface area contributed by atoms with E-state index < -0.39 is 7.60 Å². The Kier molecular flexibility index (Phi) is 7.23. The van der Waals surface area contributed by atoms with Gasteiger partial charge in [-0.05, 0) is 41.4 Å². The molecule has 1 unspecified atom stereocenters. The van der Waals surface area contributed by atoms with Crippen LogP contribution in [0.1, 0.15) is 65.2 Å². The molecule has 0 aliphatic carbocycles. The molecule has 22 heavy (non-hydrogen) atoms. The summed E-state index contributed by atoms with van der Waals surface area (Å²) in [6.07, 6.45) is 0. The molecule has 1 N–H and O–H groups in total. The molecule has 0 aromatic heterocycles. The number of hydrogen-bond acceptors (Lipinski definition) is 2. The zero-order valence-corrected chi connectivity index (χ0v) is 15.2. The molecule has 0 heterocycles. The topological polar surface area (TPSA) is 46.5 Å². The average molecular weight is 319 g/mol. The maximum absolute atomic E-state index is 12.8. The second-order valence-corrected chi connectivity index (χ2v) is 9.22. The van der Waals surface area contributed by atoms with E-state index in [0.717, 1.165) is 16.7 Å². The first kappa shape index (κ1) is 22.0. The summed E-state index contributed by atoms with van der Waals surface area (Å²) in [6.45, 7) is 18.1. The molecule has 1 rings (SSSR count). The van der Waals surface area contributed by atoms with Crippen molar-refractivity contribution in [3.05, 3.63) is 35.7 Å². The third-order valence-electron chi connectivity index (χ3n) is 3.37. The monoisotopic (exact) mass is 319 g/mol. The van der Waals surface area contributed by atoms with E-state index in [4.69, 9.17) is 4.52 Å². The van der Waals surface area contributed by atoms with E-state index in [-0.39, 0.29) is 36.3 Å². The van der Waals surface area contributed by atoms with Gasteiger partial charge in [0.1, 0.15) is 0 Å². The van der Waals surface area contributed by atoms with Crippen LogP contribution in [-0.2, 0) is 19.9 Å². The second-order valence-electron chi connectivity index (χ2n) is 7.48. The number of hydrogen-bond donors (Lipinski definition) is 1. The summed E-state index contributed by atoms with van der Waals surface area (Å²) in [7, 11) is -3.86. The summed E-state index contributed by atoms with van der Waals surface area (Å²) in [6, 6.07) is 3.79. The molecule has 0 saturated heterocycles. The van der Waals surface area contributed by atoms with Crippen molar-refractivity contribution in [2.24, 2.45) is 0 Å². The average Bonchev–Trinajstić information content (AvgIpc) is 2.24. The van der Waals surface area contributed by atoms with Crippen molar-refractivity contribution >= 4 is 31.8 Å². The van der Waals surface area contributed by atoms with Crippen molar-refractivity contribution in [2.75, 3.05) is 6.61 Å². The third kappa shape index (κ3) is 4.98. The normalized spacial score (nSPS) is 15.1. The molecule has 5 heteroatoms. The van der Waals surface area contributed by atoms with Crippen LogP contribution in [-0.4, -0.2) is 30.4 Å². The van der Waals surface area contributed by atoms with Crippen LogP contribution >= 0.6 is 7.60 Å². The quantitative estimate of drug-likeness (QED) is 0.683. The van der Waals surface area contributed by atoms with Gasteiger partial charge in [0.25, 0.3) is 0 Å². The predicted octanol–water partition coefficient (Wildman–Crippen LogP) is 3.66. The molecule has 0 aliphatic heterocycles. The van der Waals surface area contributed by atoms with Crippen LogP contribution < -0.4 is 5.30 Å². The van der Waals surface area contributed by atoms with Gasteiger partial charge in [-0.15, -0.1) is 0 Å². The Morgan fingerprint density at radius 3 is 1.73 bits per heavy atom. The molecule has 3 nitrogen and oxygen atoms in total. The molecule has 1 aromatic carbocycles.